The topological polar surface area (TPSA) is 72.3 Å². The molecule has 0 aromatic carbocycles. The maximum atomic E-state index is 9.80. The zero-order chi connectivity index (χ0) is 12.4. The molecule has 2 aromatic heterocycles. The van der Waals surface area contributed by atoms with Crippen molar-refractivity contribution in [3.8, 4) is 11.6 Å². The molecule has 0 saturated carbocycles. The maximum Gasteiger partial charge on any atom is 0.248 e. The van der Waals surface area contributed by atoms with Gasteiger partial charge in [-0.25, -0.2) is 9.97 Å². The third-order valence-corrected chi connectivity index (χ3v) is 2.44. The van der Waals surface area contributed by atoms with E-state index in [9.17, 15) is 5.11 Å². The zero-order valence-electron chi connectivity index (χ0n) is 9.18. The summed E-state index contributed by atoms with van der Waals surface area (Å²) < 4.78 is 11.0. The number of halogens is 1. The standard InChI is InChI=1S/C11H11BrN2O3/c1-6(12)3-10(15)8-4-17-11(14-8)9-5-16-7(2)13-9/h4-5,10,15H,1,3H2,2H3/t10-/m1/s1. The molecule has 0 aliphatic carbocycles. The molecule has 90 valence electrons. The van der Waals surface area contributed by atoms with Crippen molar-refractivity contribution in [3.05, 3.63) is 35.2 Å². The third kappa shape index (κ3) is 2.83. The first-order chi connectivity index (χ1) is 8.06. The molecule has 2 rings (SSSR count). The van der Waals surface area contributed by atoms with E-state index in [0.717, 1.165) is 0 Å². The first kappa shape index (κ1) is 12.1. The quantitative estimate of drug-likeness (QED) is 0.939. The molecule has 5 nitrogen and oxygen atoms in total. The van der Waals surface area contributed by atoms with Crippen molar-refractivity contribution in [1.29, 1.82) is 0 Å². The maximum absolute atomic E-state index is 9.80. The molecule has 2 aromatic rings. The van der Waals surface area contributed by atoms with Crippen molar-refractivity contribution < 1.29 is 13.9 Å². The van der Waals surface area contributed by atoms with E-state index in [-0.39, 0.29) is 0 Å². The van der Waals surface area contributed by atoms with Crippen molar-refractivity contribution in [2.75, 3.05) is 0 Å². The summed E-state index contributed by atoms with van der Waals surface area (Å²) in [6, 6.07) is 0. The predicted molar refractivity (Wildman–Crippen MR) is 64.4 cm³/mol. The predicted octanol–water partition coefficient (Wildman–Crippen LogP) is 2.97. The van der Waals surface area contributed by atoms with Gasteiger partial charge in [0.05, 0.1) is 0 Å². The fraction of sp³-hybridized carbons (Fsp3) is 0.273. The monoisotopic (exact) mass is 298 g/mol. The lowest BCUT2D eigenvalue weighted by atomic mass is 10.2. The van der Waals surface area contributed by atoms with Gasteiger partial charge in [-0.2, -0.15) is 0 Å². The second-order valence-electron chi connectivity index (χ2n) is 3.57. The number of rotatable bonds is 4. The van der Waals surface area contributed by atoms with Crippen molar-refractivity contribution in [2.24, 2.45) is 0 Å². The third-order valence-electron chi connectivity index (χ3n) is 2.12. The number of aliphatic hydroxyl groups excluding tert-OH is 1. The molecule has 0 radical (unpaired) electrons. The van der Waals surface area contributed by atoms with Gasteiger partial charge in [0.25, 0.3) is 0 Å². The molecule has 0 fully saturated rings. The fourth-order valence-electron chi connectivity index (χ4n) is 1.33. The SMILES string of the molecule is C=C(Br)C[C@@H](O)c1coc(-c2coc(C)n2)n1. The molecule has 0 aliphatic heterocycles. The van der Waals surface area contributed by atoms with Crippen LogP contribution in [0.4, 0.5) is 0 Å². The van der Waals surface area contributed by atoms with Crippen molar-refractivity contribution in [1.82, 2.24) is 9.97 Å². The highest BCUT2D eigenvalue weighted by Crippen LogP contribution is 2.25. The largest absolute Gasteiger partial charge is 0.448 e. The summed E-state index contributed by atoms with van der Waals surface area (Å²) in [5, 5.41) is 9.80. The Morgan fingerprint density at radius 2 is 2.24 bits per heavy atom. The fourth-order valence-corrected chi connectivity index (χ4v) is 1.64. The zero-order valence-corrected chi connectivity index (χ0v) is 10.8. The minimum atomic E-state index is -0.743. The Balaban J connectivity index is 2.18. The first-order valence-corrected chi connectivity index (χ1v) is 5.75. The molecule has 0 spiro atoms. The molecular formula is C11H11BrN2O3. The number of aromatic nitrogens is 2. The smallest absolute Gasteiger partial charge is 0.248 e. The molecule has 0 unspecified atom stereocenters. The Hall–Kier alpha value is -1.40. The van der Waals surface area contributed by atoms with Crippen LogP contribution in [0.3, 0.4) is 0 Å². The van der Waals surface area contributed by atoms with Crippen LogP contribution in [-0.2, 0) is 0 Å². The van der Waals surface area contributed by atoms with Crippen LogP contribution in [0.5, 0.6) is 0 Å². The van der Waals surface area contributed by atoms with E-state index in [1.54, 1.807) is 6.92 Å². The Morgan fingerprint density at radius 3 is 2.82 bits per heavy atom. The first-order valence-electron chi connectivity index (χ1n) is 4.95. The summed E-state index contributed by atoms with van der Waals surface area (Å²) in [6.07, 6.45) is 2.50. The average Bonchev–Trinajstić information content (AvgIpc) is 2.84. The van der Waals surface area contributed by atoms with Gasteiger partial charge in [0, 0.05) is 13.3 Å². The number of hydrogen-bond acceptors (Lipinski definition) is 5. The van der Waals surface area contributed by atoms with Crippen LogP contribution in [0.2, 0.25) is 0 Å². The molecule has 0 saturated heterocycles. The van der Waals surface area contributed by atoms with E-state index < -0.39 is 6.10 Å². The summed E-state index contributed by atoms with van der Waals surface area (Å²) in [7, 11) is 0. The van der Waals surface area contributed by atoms with Gasteiger partial charge < -0.3 is 13.9 Å². The number of hydrogen-bond donors (Lipinski definition) is 1. The lowest BCUT2D eigenvalue weighted by molar-refractivity contribution is 0.176. The van der Waals surface area contributed by atoms with E-state index in [1.807, 2.05) is 0 Å². The van der Waals surface area contributed by atoms with E-state index >= 15 is 0 Å². The molecular weight excluding hydrogens is 288 g/mol. The van der Waals surface area contributed by atoms with Crippen LogP contribution < -0.4 is 0 Å². The minimum absolute atomic E-state index is 0.330. The summed E-state index contributed by atoms with van der Waals surface area (Å²) in [6.45, 7) is 5.39. The van der Waals surface area contributed by atoms with Gasteiger partial charge in [0.15, 0.2) is 11.6 Å². The van der Waals surface area contributed by atoms with E-state index in [0.29, 0.717) is 34.1 Å². The molecule has 0 bridgehead atoms. The molecule has 2 heterocycles. The summed E-state index contributed by atoms with van der Waals surface area (Å²) in [4.78, 5) is 8.23. The van der Waals surface area contributed by atoms with Gasteiger partial charge in [0.2, 0.25) is 5.89 Å². The van der Waals surface area contributed by atoms with Crippen molar-refractivity contribution in [3.63, 3.8) is 0 Å². The highest BCUT2D eigenvalue weighted by molar-refractivity contribution is 9.11. The van der Waals surface area contributed by atoms with Crippen LogP contribution >= 0.6 is 15.9 Å². The Kier molecular flexibility index (Phi) is 3.44. The van der Waals surface area contributed by atoms with Gasteiger partial charge in [-0.05, 0) is 4.48 Å². The van der Waals surface area contributed by atoms with Gasteiger partial charge in [-0.3, -0.25) is 0 Å². The Morgan fingerprint density at radius 1 is 1.47 bits per heavy atom. The molecule has 1 N–H and O–H groups in total. The van der Waals surface area contributed by atoms with Crippen LogP contribution in [0, 0.1) is 6.92 Å². The number of aryl methyl sites for hydroxylation is 1. The number of nitrogens with zero attached hydrogens (tertiary/aromatic N) is 2. The normalized spacial score (nSPS) is 12.6. The Bertz CT molecular complexity index is 532. The van der Waals surface area contributed by atoms with Gasteiger partial charge in [0.1, 0.15) is 24.3 Å². The minimum Gasteiger partial charge on any atom is -0.448 e. The second kappa shape index (κ2) is 4.85. The molecule has 1 atom stereocenters. The molecule has 17 heavy (non-hydrogen) atoms. The summed E-state index contributed by atoms with van der Waals surface area (Å²) in [5.41, 5.74) is 0.958. The Labute approximate surface area is 106 Å². The van der Waals surface area contributed by atoms with Crippen LogP contribution in [0.15, 0.2) is 32.4 Å². The highest BCUT2D eigenvalue weighted by Gasteiger charge is 2.16. The van der Waals surface area contributed by atoms with E-state index in [1.165, 1.54) is 12.5 Å². The van der Waals surface area contributed by atoms with Gasteiger partial charge in [-0.1, -0.05) is 22.5 Å². The van der Waals surface area contributed by atoms with Gasteiger partial charge >= 0.3 is 0 Å². The number of aliphatic hydroxyl groups is 1. The molecule has 0 amide bonds. The average molecular weight is 299 g/mol. The molecule has 0 aliphatic rings. The van der Waals surface area contributed by atoms with Crippen LogP contribution in [0.1, 0.15) is 24.1 Å². The van der Waals surface area contributed by atoms with Gasteiger partial charge in [-0.15, -0.1) is 0 Å². The lowest BCUT2D eigenvalue weighted by Gasteiger charge is -2.04. The van der Waals surface area contributed by atoms with Crippen LogP contribution in [-0.4, -0.2) is 15.1 Å². The van der Waals surface area contributed by atoms with E-state index in [2.05, 4.69) is 32.5 Å². The highest BCUT2D eigenvalue weighted by atomic mass is 79.9. The van der Waals surface area contributed by atoms with Crippen molar-refractivity contribution in [2.45, 2.75) is 19.4 Å². The summed E-state index contributed by atoms with van der Waals surface area (Å²) in [5.74, 6) is 0.866. The van der Waals surface area contributed by atoms with Crippen molar-refractivity contribution >= 4 is 15.9 Å². The van der Waals surface area contributed by atoms with E-state index in [4.69, 9.17) is 8.83 Å². The summed E-state index contributed by atoms with van der Waals surface area (Å²) >= 11 is 3.19. The number of oxazole rings is 2. The lowest BCUT2D eigenvalue weighted by Crippen LogP contribution is -1.97. The van der Waals surface area contributed by atoms with Crippen LogP contribution in [0.25, 0.3) is 11.6 Å². The molecule has 6 heteroatoms. The second-order valence-corrected chi connectivity index (χ2v) is 4.69.